The fraction of sp³-hybridized carbons (Fsp3) is 0.700. The van der Waals surface area contributed by atoms with Crippen LogP contribution in [-0.4, -0.2) is 68.9 Å². The monoisotopic (exact) mass is 332 g/mol. The Morgan fingerprint density at radius 3 is 2.67 bits per heavy atom. The molecule has 3 heterocycles. The molecule has 0 amide bonds. The zero-order valence-corrected chi connectivity index (χ0v) is 15.5. The van der Waals surface area contributed by atoms with Gasteiger partial charge in [0.05, 0.1) is 6.61 Å². The highest BCUT2D eigenvalue weighted by atomic mass is 16.5. The molecule has 134 valence electrons. The van der Waals surface area contributed by atoms with Crippen molar-refractivity contribution >= 4 is 0 Å². The van der Waals surface area contributed by atoms with Crippen LogP contribution in [0, 0.1) is 19.8 Å². The number of hydrogen-bond acceptors (Lipinski definition) is 4. The predicted molar refractivity (Wildman–Crippen MR) is 97.8 cm³/mol. The van der Waals surface area contributed by atoms with Gasteiger partial charge in [0.1, 0.15) is 12.4 Å². The average molecular weight is 332 g/mol. The Labute approximate surface area is 146 Å². The number of rotatable bonds is 7. The molecule has 0 aromatic heterocycles. The predicted octanol–water partition coefficient (Wildman–Crippen LogP) is 2.72. The summed E-state index contributed by atoms with van der Waals surface area (Å²) in [5, 5.41) is 0. The third-order valence-electron chi connectivity index (χ3n) is 5.64. The van der Waals surface area contributed by atoms with Crippen molar-refractivity contribution < 1.29 is 9.47 Å². The minimum absolute atomic E-state index is 0.695. The second kappa shape index (κ2) is 8.32. The van der Waals surface area contributed by atoms with Gasteiger partial charge in [0.2, 0.25) is 0 Å². The Morgan fingerprint density at radius 1 is 1.00 bits per heavy atom. The standard InChI is InChI=1S/C20H32N2O2/c1-16-4-7-20(12-17(16)2)24-11-8-21-13-18-5-6-19(15-21)22(14-18)9-10-23-3/h4,7,12,18-19H,5-6,8-11,13-15H2,1-3H3/t18-,19+/m0/s1. The van der Waals surface area contributed by atoms with E-state index in [0.717, 1.165) is 38.0 Å². The van der Waals surface area contributed by atoms with Gasteiger partial charge in [-0.3, -0.25) is 9.80 Å². The van der Waals surface area contributed by atoms with Crippen molar-refractivity contribution in [3.63, 3.8) is 0 Å². The summed E-state index contributed by atoms with van der Waals surface area (Å²) < 4.78 is 11.3. The summed E-state index contributed by atoms with van der Waals surface area (Å²) in [4.78, 5) is 5.25. The normalized spacial score (nSPS) is 25.0. The molecule has 0 N–H and O–H groups in total. The van der Waals surface area contributed by atoms with Crippen LogP contribution in [0.5, 0.6) is 5.75 Å². The van der Waals surface area contributed by atoms with Gasteiger partial charge in [-0.05, 0) is 55.9 Å². The van der Waals surface area contributed by atoms with Gasteiger partial charge in [0, 0.05) is 45.9 Å². The van der Waals surface area contributed by atoms with Crippen LogP contribution in [0.2, 0.25) is 0 Å². The molecule has 0 aliphatic carbocycles. The first-order valence-corrected chi connectivity index (χ1v) is 9.31. The van der Waals surface area contributed by atoms with Gasteiger partial charge in [-0.1, -0.05) is 6.07 Å². The smallest absolute Gasteiger partial charge is 0.119 e. The van der Waals surface area contributed by atoms with Crippen LogP contribution in [0.3, 0.4) is 0 Å². The van der Waals surface area contributed by atoms with E-state index >= 15 is 0 Å². The quantitative estimate of drug-likeness (QED) is 0.766. The number of hydrogen-bond donors (Lipinski definition) is 0. The molecular formula is C20H32N2O2. The molecule has 3 aliphatic rings. The van der Waals surface area contributed by atoms with Gasteiger partial charge >= 0.3 is 0 Å². The first-order valence-electron chi connectivity index (χ1n) is 9.31. The van der Waals surface area contributed by atoms with Crippen molar-refractivity contribution in [2.24, 2.45) is 5.92 Å². The number of methoxy groups -OCH3 is 1. The van der Waals surface area contributed by atoms with E-state index in [4.69, 9.17) is 9.47 Å². The van der Waals surface area contributed by atoms with Crippen molar-refractivity contribution in [3.05, 3.63) is 29.3 Å². The Hall–Kier alpha value is -1.10. The first kappa shape index (κ1) is 17.7. The lowest BCUT2D eigenvalue weighted by atomic mass is 9.95. The maximum absolute atomic E-state index is 5.99. The molecule has 0 saturated carbocycles. The third kappa shape index (κ3) is 4.50. The summed E-state index contributed by atoms with van der Waals surface area (Å²) in [6, 6.07) is 7.07. The van der Waals surface area contributed by atoms with E-state index < -0.39 is 0 Å². The number of ether oxygens (including phenoxy) is 2. The van der Waals surface area contributed by atoms with Crippen molar-refractivity contribution in [1.82, 2.24) is 9.80 Å². The van der Waals surface area contributed by atoms with E-state index in [1.165, 1.54) is 43.6 Å². The minimum atomic E-state index is 0.695. The lowest BCUT2D eigenvalue weighted by Crippen LogP contribution is -2.45. The zero-order valence-electron chi connectivity index (χ0n) is 15.5. The number of aryl methyl sites for hydroxylation is 2. The van der Waals surface area contributed by atoms with E-state index in [1.807, 2.05) is 0 Å². The highest BCUT2D eigenvalue weighted by Crippen LogP contribution is 2.27. The highest BCUT2D eigenvalue weighted by molar-refractivity contribution is 5.33. The maximum atomic E-state index is 5.99. The number of benzene rings is 1. The van der Waals surface area contributed by atoms with Crippen molar-refractivity contribution in [2.75, 3.05) is 53.0 Å². The summed E-state index contributed by atoms with van der Waals surface area (Å²) in [5.74, 6) is 1.81. The lowest BCUT2D eigenvalue weighted by Gasteiger charge is -2.35. The first-order chi connectivity index (χ1) is 11.7. The molecular weight excluding hydrogens is 300 g/mol. The number of fused-ring (bicyclic) bond motifs is 4. The van der Waals surface area contributed by atoms with E-state index in [0.29, 0.717) is 6.04 Å². The number of nitrogens with zero attached hydrogens (tertiary/aromatic N) is 2. The van der Waals surface area contributed by atoms with Gasteiger partial charge in [-0.25, -0.2) is 0 Å². The maximum Gasteiger partial charge on any atom is 0.119 e. The third-order valence-corrected chi connectivity index (χ3v) is 5.64. The summed E-state index contributed by atoms with van der Waals surface area (Å²) >= 11 is 0. The number of piperidine rings is 1. The second-order valence-corrected chi connectivity index (χ2v) is 7.44. The largest absolute Gasteiger partial charge is 0.492 e. The van der Waals surface area contributed by atoms with Gasteiger partial charge in [0.15, 0.2) is 0 Å². The zero-order chi connectivity index (χ0) is 16.9. The summed E-state index contributed by atoms with van der Waals surface area (Å²) in [6.07, 6.45) is 2.71. The van der Waals surface area contributed by atoms with Gasteiger partial charge in [-0.15, -0.1) is 0 Å². The van der Waals surface area contributed by atoms with Crippen LogP contribution in [0.1, 0.15) is 24.0 Å². The van der Waals surface area contributed by atoms with Crippen LogP contribution in [-0.2, 0) is 4.74 Å². The second-order valence-electron chi connectivity index (χ2n) is 7.44. The molecule has 1 aromatic carbocycles. The summed E-state index contributed by atoms with van der Waals surface area (Å²) in [6.45, 7) is 11.6. The van der Waals surface area contributed by atoms with E-state index in [9.17, 15) is 0 Å². The fourth-order valence-corrected chi connectivity index (χ4v) is 4.04. The topological polar surface area (TPSA) is 24.9 Å². The van der Waals surface area contributed by atoms with E-state index in [2.05, 4.69) is 41.8 Å². The van der Waals surface area contributed by atoms with E-state index in [1.54, 1.807) is 7.11 Å². The Bertz CT molecular complexity index is 534. The van der Waals surface area contributed by atoms with Crippen LogP contribution in [0.25, 0.3) is 0 Å². The molecule has 4 nitrogen and oxygen atoms in total. The van der Waals surface area contributed by atoms with Gasteiger partial charge in [0.25, 0.3) is 0 Å². The van der Waals surface area contributed by atoms with E-state index in [-0.39, 0.29) is 0 Å². The molecule has 0 radical (unpaired) electrons. The SMILES string of the molecule is COCCN1C[C@H]2CC[C@@H]1CN(CCOc1ccc(C)c(C)c1)C2. The summed E-state index contributed by atoms with van der Waals surface area (Å²) in [5.41, 5.74) is 2.62. The Balaban J connectivity index is 1.48. The highest BCUT2D eigenvalue weighted by Gasteiger charge is 2.34. The Kier molecular flexibility index (Phi) is 6.14. The Morgan fingerprint density at radius 2 is 1.88 bits per heavy atom. The molecule has 3 aliphatic heterocycles. The molecule has 24 heavy (non-hydrogen) atoms. The molecule has 2 atom stereocenters. The van der Waals surface area contributed by atoms with Crippen molar-refractivity contribution in [3.8, 4) is 5.75 Å². The molecule has 3 fully saturated rings. The molecule has 1 aromatic rings. The van der Waals surface area contributed by atoms with Crippen LogP contribution >= 0.6 is 0 Å². The molecule has 2 bridgehead atoms. The van der Waals surface area contributed by atoms with Gasteiger partial charge < -0.3 is 9.47 Å². The minimum Gasteiger partial charge on any atom is -0.492 e. The average Bonchev–Trinajstić information content (AvgIpc) is 2.87. The molecule has 0 unspecified atom stereocenters. The molecule has 4 rings (SSSR count). The van der Waals surface area contributed by atoms with Crippen LogP contribution < -0.4 is 4.74 Å². The molecule has 0 spiro atoms. The van der Waals surface area contributed by atoms with Gasteiger partial charge in [-0.2, -0.15) is 0 Å². The summed E-state index contributed by atoms with van der Waals surface area (Å²) in [7, 11) is 1.80. The van der Waals surface area contributed by atoms with Crippen LogP contribution in [0.4, 0.5) is 0 Å². The molecule has 3 saturated heterocycles. The van der Waals surface area contributed by atoms with Crippen molar-refractivity contribution in [1.29, 1.82) is 0 Å². The lowest BCUT2D eigenvalue weighted by molar-refractivity contribution is 0.0865. The molecule has 4 heteroatoms. The van der Waals surface area contributed by atoms with Crippen LogP contribution in [0.15, 0.2) is 18.2 Å². The fourth-order valence-electron chi connectivity index (χ4n) is 4.04. The van der Waals surface area contributed by atoms with Crippen molar-refractivity contribution in [2.45, 2.75) is 32.7 Å².